The highest BCUT2D eigenvalue weighted by Crippen LogP contribution is 2.27. The van der Waals surface area contributed by atoms with E-state index in [-0.39, 0.29) is 17.8 Å². The number of carbonyl (C=O) groups excluding carboxylic acids is 1. The maximum atomic E-state index is 13.4. The Balaban J connectivity index is 1.66. The van der Waals surface area contributed by atoms with E-state index in [9.17, 15) is 9.18 Å². The zero-order valence-corrected chi connectivity index (χ0v) is 14.5. The molecule has 1 atom stereocenters. The summed E-state index contributed by atoms with van der Waals surface area (Å²) in [5, 5.41) is 5.09. The Bertz CT molecular complexity index is 938. The average Bonchev–Trinajstić information content (AvgIpc) is 3.00. The van der Waals surface area contributed by atoms with E-state index in [2.05, 4.69) is 15.3 Å². The number of amides is 1. The third-order valence-electron chi connectivity index (χ3n) is 4.34. The summed E-state index contributed by atoms with van der Waals surface area (Å²) in [6.45, 7) is 3.46. The molecule has 2 aromatic heterocycles. The van der Waals surface area contributed by atoms with E-state index in [1.54, 1.807) is 11.0 Å². The molecule has 3 aromatic rings. The Hall–Kier alpha value is -2.54. The molecule has 1 saturated heterocycles. The topological polar surface area (TPSA) is 58.1 Å². The van der Waals surface area contributed by atoms with Crippen molar-refractivity contribution in [3.05, 3.63) is 52.8 Å². The smallest absolute Gasteiger partial charge is 0.274 e. The van der Waals surface area contributed by atoms with E-state index in [0.29, 0.717) is 11.6 Å². The number of hydrogen-bond acceptors (Lipinski definition) is 5. The molecule has 5 nitrogen and oxygen atoms in total. The fourth-order valence-electron chi connectivity index (χ4n) is 2.79. The molecule has 25 heavy (non-hydrogen) atoms. The minimum atomic E-state index is -0.283. The van der Waals surface area contributed by atoms with Crippen LogP contribution in [0.1, 0.15) is 35.4 Å². The van der Waals surface area contributed by atoms with Crippen molar-refractivity contribution in [3.63, 3.8) is 0 Å². The number of aromatic nitrogens is 2. The number of halogens is 1. The van der Waals surface area contributed by atoms with Crippen molar-refractivity contribution in [2.75, 3.05) is 18.4 Å². The number of carbonyl (C=O) groups is 1. The van der Waals surface area contributed by atoms with Crippen molar-refractivity contribution in [1.29, 1.82) is 0 Å². The van der Waals surface area contributed by atoms with Crippen LogP contribution in [0.25, 0.3) is 10.2 Å². The van der Waals surface area contributed by atoms with Crippen LogP contribution < -0.4 is 5.32 Å². The SMILES string of the molecule is CC(Nc1nc(C(=O)N2CCC2)c2sccc2n1)c1cccc(F)c1. The van der Waals surface area contributed by atoms with Crippen LogP contribution in [-0.4, -0.2) is 33.9 Å². The molecule has 4 rings (SSSR count). The molecular formula is C18H17FN4OS. The zero-order chi connectivity index (χ0) is 17.4. The molecule has 1 aromatic carbocycles. The zero-order valence-electron chi connectivity index (χ0n) is 13.7. The van der Waals surface area contributed by atoms with Crippen LogP contribution >= 0.6 is 11.3 Å². The molecular weight excluding hydrogens is 339 g/mol. The number of fused-ring (bicyclic) bond motifs is 1. The van der Waals surface area contributed by atoms with Crippen LogP contribution in [0, 0.1) is 5.82 Å². The lowest BCUT2D eigenvalue weighted by molar-refractivity contribution is 0.0648. The van der Waals surface area contributed by atoms with E-state index in [1.165, 1.54) is 23.5 Å². The van der Waals surface area contributed by atoms with Gasteiger partial charge in [0.25, 0.3) is 5.91 Å². The van der Waals surface area contributed by atoms with Gasteiger partial charge in [-0.2, -0.15) is 0 Å². The maximum absolute atomic E-state index is 13.4. The molecule has 0 bridgehead atoms. The van der Waals surface area contributed by atoms with Gasteiger partial charge in [-0.25, -0.2) is 14.4 Å². The van der Waals surface area contributed by atoms with Crippen LogP contribution in [-0.2, 0) is 0 Å². The Morgan fingerprint density at radius 2 is 2.16 bits per heavy atom. The van der Waals surface area contributed by atoms with Crippen molar-refractivity contribution < 1.29 is 9.18 Å². The second kappa shape index (κ2) is 6.40. The van der Waals surface area contributed by atoms with Gasteiger partial charge in [-0.3, -0.25) is 4.79 Å². The first-order chi connectivity index (χ1) is 12.1. The van der Waals surface area contributed by atoms with Gasteiger partial charge < -0.3 is 10.2 Å². The first kappa shape index (κ1) is 16.0. The third-order valence-corrected chi connectivity index (χ3v) is 5.25. The van der Waals surface area contributed by atoms with Gasteiger partial charge in [0.1, 0.15) is 5.82 Å². The molecule has 0 saturated carbocycles. The van der Waals surface area contributed by atoms with Crippen molar-refractivity contribution in [2.45, 2.75) is 19.4 Å². The molecule has 128 valence electrons. The van der Waals surface area contributed by atoms with E-state index in [0.717, 1.165) is 35.3 Å². The Morgan fingerprint density at radius 1 is 1.32 bits per heavy atom. The second-order valence-electron chi connectivity index (χ2n) is 6.10. The summed E-state index contributed by atoms with van der Waals surface area (Å²) in [6.07, 6.45) is 1.03. The van der Waals surface area contributed by atoms with E-state index < -0.39 is 0 Å². The van der Waals surface area contributed by atoms with E-state index in [1.807, 2.05) is 24.4 Å². The van der Waals surface area contributed by atoms with Crippen LogP contribution in [0.15, 0.2) is 35.7 Å². The summed E-state index contributed by atoms with van der Waals surface area (Å²) in [5.41, 5.74) is 1.98. The van der Waals surface area contributed by atoms with Gasteiger partial charge >= 0.3 is 0 Å². The molecule has 1 unspecified atom stereocenters. The predicted octanol–water partition coefficient (Wildman–Crippen LogP) is 3.85. The highest BCUT2D eigenvalue weighted by molar-refractivity contribution is 7.17. The fourth-order valence-corrected chi connectivity index (χ4v) is 3.61. The lowest BCUT2D eigenvalue weighted by Gasteiger charge is -2.30. The number of likely N-dealkylation sites (tertiary alicyclic amines) is 1. The molecule has 0 radical (unpaired) electrons. The third kappa shape index (κ3) is 3.07. The minimum Gasteiger partial charge on any atom is -0.348 e. The second-order valence-corrected chi connectivity index (χ2v) is 7.01. The van der Waals surface area contributed by atoms with Gasteiger partial charge in [0.15, 0.2) is 5.69 Å². The maximum Gasteiger partial charge on any atom is 0.274 e. The monoisotopic (exact) mass is 356 g/mol. The summed E-state index contributed by atoms with van der Waals surface area (Å²) in [4.78, 5) is 23.4. The number of nitrogens with zero attached hydrogens (tertiary/aromatic N) is 3. The number of thiophene rings is 1. The Kier molecular flexibility index (Phi) is 4.09. The molecule has 1 aliphatic rings. The number of anilines is 1. The van der Waals surface area contributed by atoms with Gasteiger partial charge in [0.2, 0.25) is 5.95 Å². The van der Waals surface area contributed by atoms with Gasteiger partial charge in [-0.15, -0.1) is 11.3 Å². The van der Waals surface area contributed by atoms with Crippen molar-refractivity contribution in [2.24, 2.45) is 0 Å². The highest BCUT2D eigenvalue weighted by atomic mass is 32.1. The standard InChI is InChI=1S/C18H17FN4OS/c1-11(12-4-2-5-13(19)10-12)20-18-21-14-6-9-25-16(14)15(22-18)17(24)23-7-3-8-23/h2,4-6,9-11H,3,7-8H2,1H3,(H,20,21,22). The largest absolute Gasteiger partial charge is 0.348 e. The summed E-state index contributed by atoms with van der Waals surface area (Å²) in [7, 11) is 0. The average molecular weight is 356 g/mol. The molecule has 1 N–H and O–H groups in total. The summed E-state index contributed by atoms with van der Waals surface area (Å²) in [6, 6.07) is 8.10. The van der Waals surface area contributed by atoms with Gasteiger partial charge in [-0.05, 0) is 42.5 Å². The number of benzene rings is 1. The molecule has 0 aliphatic carbocycles. The lowest BCUT2D eigenvalue weighted by atomic mass is 10.1. The van der Waals surface area contributed by atoms with Gasteiger partial charge in [0.05, 0.1) is 16.3 Å². The number of nitrogens with one attached hydrogen (secondary N) is 1. The number of hydrogen-bond donors (Lipinski definition) is 1. The fraction of sp³-hybridized carbons (Fsp3) is 0.278. The molecule has 1 aliphatic heterocycles. The molecule has 1 amide bonds. The molecule has 0 spiro atoms. The normalized spacial score (nSPS) is 15.0. The van der Waals surface area contributed by atoms with Crippen molar-refractivity contribution in [3.8, 4) is 0 Å². The van der Waals surface area contributed by atoms with Gasteiger partial charge in [0, 0.05) is 13.1 Å². The van der Waals surface area contributed by atoms with Crippen LogP contribution in [0.4, 0.5) is 10.3 Å². The first-order valence-corrected chi connectivity index (χ1v) is 9.06. The van der Waals surface area contributed by atoms with Crippen LogP contribution in [0.5, 0.6) is 0 Å². The van der Waals surface area contributed by atoms with Crippen molar-refractivity contribution >= 4 is 33.4 Å². The summed E-state index contributed by atoms with van der Waals surface area (Å²) in [5.74, 6) is 0.0445. The van der Waals surface area contributed by atoms with E-state index >= 15 is 0 Å². The molecule has 7 heteroatoms. The van der Waals surface area contributed by atoms with Crippen molar-refractivity contribution in [1.82, 2.24) is 14.9 Å². The Morgan fingerprint density at radius 3 is 2.88 bits per heavy atom. The lowest BCUT2D eigenvalue weighted by Crippen LogP contribution is -2.42. The van der Waals surface area contributed by atoms with Crippen LogP contribution in [0.2, 0.25) is 0 Å². The van der Waals surface area contributed by atoms with Crippen LogP contribution in [0.3, 0.4) is 0 Å². The summed E-state index contributed by atoms with van der Waals surface area (Å²) < 4.78 is 14.2. The summed E-state index contributed by atoms with van der Waals surface area (Å²) >= 11 is 1.47. The first-order valence-electron chi connectivity index (χ1n) is 8.18. The number of rotatable bonds is 4. The van der Waals surface area contributed by atoms with Gasteiger partial charge in [-0.1, -0.05) is 12.1 Å². The minimum absolute atomic E-state index is 0.0532. The Labute approximate surface area is 148 Å². The van der Waals surface area contributed by atoms with E-state index in [4.69, 9.17) is 0 Å². The highest BCUT2D eigenvalue weighted by Gasteiger charge is 2.26. The molecule has 1 fully saturated rings. The predicted molar refractivity (Wildman–Crippen MR) is 96.4 cm³/mol. The quantitative estimate of drug-likeness (QED) is 0.771. The molecule has 3 heterocycles.